The van der Waals surface area contributed by atoms with E-state index < -0.39 is 5.41 Å². The van der Waals surface area contributed by atoms with Crippen molar-refractivity contribution >= 4 is 17.8 Å². The highest BCUT2D eigenvalue weighted by molar-refractivity contribution is 6.04. The molecule has 0 radical (unpaired) electrons. The van der Waals surface area contributed by atoms with Crippen molar-refractivity contribution in [1.82, 2.24) is 4.98 Å². The van der Waals surface area contributed by atoms with Gasteiger partial charge in [0.1, 0.15) is 0 Å². The van der Waals surface area contributed by atoms with Gasteiger partial charge in [0, 0.05) is 17.8 Å². The smallest absolute Gasteiger partial charge is 0.312 e. The fourth-order valence-electron chi connectivity index (χ4n) is 11.5. The van der Waals surface area contributed by atoms with Gasteiger partial charge >= 0.3 is 5.97 Å². The Bertz CT molecular complexity index is 1340. The maximum Gasteiger partial charge on any atom is 0.312 e. The van der Waals surface area contributed by atoms with Crippen molar-refractivity contribution < 1.29 is 14.3 Å². The topological polar surface area (TPSA) is 56.3 Å². The lowest BCUT2D eigenvalue weighted by atomic mass is 9.33. The van der Waals surface area contributed by atoms with Gasteiger partial charge in [0.2, 0.25) is 0 Å². The lowest BCUT2D eigenvalue weighted by Crippen LogP contribution is -2.65. The molecule has 228 valence electrons. The predicted octanol–water partition coefficient (Wildman–Crippen LogP) is 9.01. The molecule has 4 nitrogen and oxygen atoms in total. The number of fused-ring (bicyclic) bond motifs is 7. The highest BCUT2D eigenvalue weighted by Gasteiger charge is 2.69. The molecule has 0 amide bonds. The first-order valence-corrected chi connectivity index (χ1v) is 16.7. The summed E-state index contributed by atoms with van der Waals surface area (Å²) >= 11 is 0. The summed E-state index contributed by atoms with van der Waals surface area (Å²) < 4.78 is 5.83. The normalized spacial score (nSPS) is 42.9. The summed E-state index contributed by atoms with van der Waals surface area (Å²) in [5.74, 6) is 1.46. The van der Waals surface area contributed by atoms with E-state index in [4.69, 9.17) is 4.74 Å². The molecule has 0 N–H and O–H groups in total. The first-order valence-electron chi connectivity index (χ1n) is 16.7. The minimum absolute atomic E-state index is 0.0189. The van der Waals surface area contributed by atoms with Gasteiger partial charge in [-0.3, -0.25) is 14.6 Å². The molecule has 42 heavy (non-hydrogen) atoms. The van der Waals surface area contributed by atoms with Gasteiger partial charge in [0.25, 0.3) is 0 Å². The Morgan fingerprint density at radius 1 is 1.02 bits per heavy atom. The molecular weight excluding hydrogens is 518 g/mol. The molecule has 0 bridgehead atoms. The number of hydrogen-bond donors (Lipinski definition) is 0. The number of rotatable bonds is 3. The third-order valence-electron chi connectivity index (χ3n) is 13.9. The van der Waals surface area contributed by atoms with Gasteiger partial charge < -0.3 is 4.74 Å². The Hall–Kier alpha value is -2.23. The van der Waals surface area contributed by atoms with Crippen LogP contribution >= 0.6 is 0 Å². The lowest BCUT2D eigenvalue weighted by Gasteiger charge is -2.70. The molecule has 6 rings (SSSR count). The molecule has 1 heterocycles. The number of ketones is 1. The van der Waals surface area contributed by atoms with Gasteiger partial charge in [0.05, 0.1) is 12.0 Å². The highest BCUT2D eigenvalue weighted by Crippen LogP contribution is 2.75. The van der Waals surface area contributed by atoms with Crippen molar-refractivity contribution in [3.63, 3.8) is 0 Å². The number of carbonyl (C=O) groups excluding carboxylic acids is 2. The van der Waals surface area contributed by atoms with Crippen LogP contribution in [0.1, 0.15) is 119 Å². The molecule has 0 aliphatic heterocycles. The maximum absolute atomic E-state index is 14.0. The minimum Gasteiger partial charge on any atom is -0.466 e. The van der Waals surface area contributed by atoms with Crippen molar-refractivity contribution in [2.24, 2.45) is 50.2 Å². The summed E-state index contributed by atoms with van der Waals surface area (Å²) in [6.07, 6.45) is 17.5. The molecule has 7 atom stereocenters. The molecule has 5 aliphatic rings. The van der Waals surface area contributed by atoms with Crippen molar-refractivity contribution in [1.29, 1.82) is 0 Å². The van der Waals surface area contributed by atoms with Gasteiger partial charge in [-0.05, 0) is 127 Å². The van der Waals surface area contributed by atoms with E-state index in [1.165, 1.54) is 0 Å². The van der Waals surface area contributed by atoms with E-state index in [2.05, 4.69) is 71.7 Å². The number of ether oxygens (including phenoxy) is 1. The van der Waals surface area contributed by atoms with Gasteiger partial charge in [-0.15, -0.1) is 0 Å². The average Bonchev–Trinajstić information content (AvgIpc) is 2.92. The second-order valence-corrected chi connectivity index (χ2v) is 16.8. The van der Waals surface area contributed by atoms with E-state index in [1.54, 1.807) is 11.8 Å². The zero-order valence-electron chi connectivity index (χ0n) is 27.4. The highest BCUT2D eigenvalue weighted by atomic mass is 16.5. The summed E-state index contributed by atoms with van der Waals surface area (Å²) in [4.78, 5) is 32.1. The van der Waals surface area contributed by atoms with E-state index >= 15 is 0 Å². The molecule has 4 fully saturated rings. The summed E-state index contributed by atoms with van der Waals surface area (Å²) in [5, 5.41) is 0. The predicted molar refractivity (Wildman–Crippen MR) is 168 cm³/mol. The Kier molecular flexibility index (Phi) is 6.84. The Balaban J connectivity index is 1.44. The van der Waals surface area contributed by atoms with Crippen LogP contribution in [0.5, 0.6) is 0 Å². The van der Waals surface area contributed by atoms with Crippen molar-refractivity contribution in [3.05, 3.63) is 47.3 Å². The monoisotopic (exact) mass is 571 g/mol. The second-order valence-electron chi connectivity index (χ2n) is 16.8. The van der Waals surface area contributed by atoms with Crippen LogP contribution in [-0.4, -0.2) is 23.3 Å². The van der Waals surface area contributed by atoms with Crippen LogP contribution < -0.4 is 0 Å². The second kappa shape index (κ2) is 9.63. The Morgan fingerprint density at radius 3 is 2.45 bits per heavy atom. The van der Waals surface area contributed by atoms with Gasteiger partial charge in [-0.1, -0.05) is 66.2 Å². The number of allylic oxidation sites excluding steroid dienone is 3. The molecule has 0 aromatic carbocycles. The summed E-state index contributed by atoms with van der Waals surface area (Å²) in [5.41, 5.74) is 3.16. The standard InChI is InChI=1S/C38H53NO3/c1-9-42-32(41)38-18-16-33(2,3)23-28(38)27-12-13-30-35(6)22-26(21-25-11-10-20-39-24-25)31(40)34(4,5)29(35)14-15-37(30,8)36(27,7)17-19-38/h10-12,20-21,24,28-30H,9,13-19,22-23H2,1-8H3/b26-21-/t28-,29-,30+,35-,36+,37+,38-/m0/s1. The number of aromatic nitrogens is 1. The molecule has 5 aliphatic carbocycles. The van der Waals surface area contributed by atoms with Crippen molar-refractivity contribution in [2.75, 3.05) is 6.61 Å². The Morgan fingerprint density at radius 2 is 1.76 bits per heavy atom. The van der Waals surface area contributed by atoms with Crippen LogP contribution in [0, 0.1) is 50.2 Å². The van der Waals surface area contributed by atoms with Crippen molar-refractivity contribution in [2.45, 2.75) is 113 Å². The zero-order valence-corrected chi connectivity index (χ0v) is 27.4. The molecule has 4 heteroatoms. The minimum atomic E-state index is -0.397. The molecule has 0 saturated heterocycles. The quantitative estimate of drug-likeness (QED) is 0.206. The van der Waals surface area contributed by atoms with Crippen LogP contribution in [0.2, 0.25) is 0 Å². The molecule has 4 saturated carbocycles. The van der Waals surface area contributed by atoms with Crippen molar-refractivity contribution in [3.8, 4) is 0 Å². The van der Waals surface area contributed by atoms with Crippen LogP contribution in [0.4, 0.5) is 0 Å². The molecule has 0 spiro atoms. The lowest BCUT2D eigenvalue weighted by molar-refractivity contribution is -0.186. The molecule has 0 unspecified atom stereocenters. The number of pyridine rings is 1. The van der Waals surface area contributed by atoms with E-state index in [1.807, 2.05) is 19.2 Å². The van der Waals surface area contributed by atoms with Crippen LogP contribution in [0.15, 0.2) is 41.7 Å². The Labute approximate surface area is 254 Å². The van der Waals surface area contributed by atoms with E-state index in [9.17, 15) is 9.59 Å². The first-order chi connectivity index (χ1) is 19.6. The fraction of sp³-hybridized carbons (Fsp3) is 0.711. The first kappa shape index (κ1) is 29.8. The van der Waals surface area contributed by atoms with Crippen LogP contribution in [-0.2, 0) is 14.3 Å². The summed E-state index contributed by atoms with van der Waals surface area (Å²) in [6, 6.07) is 4.01. The van der Waals surface area contributed by atoms with Gasteiger partial charge in [0.15, 0.2) is 5.78 Å². The molecule has 1 aromatic heterocycles. The number of Topliss-reactive ketones (excluding diaryl/α,β-unsaturated/α-hetero) is 1. The third kappa shape index (κ3) is 4.02. The van der Waals surface area contributed by atoms with Gasteiger partial charge in [-0.25, -0.2) is 0 Å². The SMILES string of the molecule is CCOC(=O)[C@]12CCC(C)(C)C[C@H]1C1=CC[C@@H]3[C@@]4(C)C/C(=C/c5cccnc5)C(=O)C(C)(C)[C@@H]4CC[C@@]3(C)[C@]1(C)CC2. The van der Waals surface area contributed by atoms with Crippen LogP contribution in [0.3, 0.4) is 0 Å². The van der Waals surface area contributed by atoms with Gasteiger partial charge in [-0.2, -0.15) is 0 Å². The number of carbonyl (C=O) groups is 2. The number of hydrogen-bond acceptors (Lipinski definition) is 4. The molecular formula is C38H53NO3. The molecule has 1 aromatic rings. The largest absolute Gasteiger partial charge is 0.466 e. The third-order valence-corrected chi connectivity index (χ3v) is 13.9. The van der Waals surface area contributed by atoms with E-state index in [0.29, 0.717) is 24.2 Å². The van der Waals surface area contributed by atoms with E-state index in [-0.39, 0.29) is 39.0 Å². The van der Waals surface area contributed by atoms with E-state index in [0.717, 1.165) is 68.9 Å². The zero-order chi connectivity index (χ0) is 30.3. The number of esters is 1. The van der Waals surface area contributed by atoms with Crippen LogP contribution in [0.25, 0.3) is 6.08 Å². The average molecular weight is 572 g/mol. The summed E-state index contributed by atoms with van der Waals surface area (Å²) in [6.45, 7) is 19.3. The fourth-order valence-corrected chi connectivity index (χ4v) is 11.5. The number of nitrogens with zero attached hydrogens (tertiary/aromatic N) is 1. The maximum atomic E-state index is 14.0. The summed E-state index contributed by atoms with van der Waals surface area (Å²) in [7, 11) is 0.